The van der Waals surface area contributed by atoms with E-state index in [1.54, 1.807) is 12.1 Å². The molecule has 2 N–H and O–H groups in total. The molecule has 2 unspecified atom stereocenters. The number of benzene rings is 1. The highest BCUT2D eigenvalue weighted by atomic mass is 35.5. The molecule has 1 aliphatic rings. The number of ether oxygens (including phenoxy) is 2. The van der Waals surface area contributed by atoms with Crippen LogP contribution in [-0.4, -0.2) is 38.1 Å². The van der Waals surface area contributed by atoms with Gasteiger partial charge in [-0.05, 0) is 25.0 Å². The second-order valence-corrected chi connectivity index (χ2v) is 5.79. The maximum atomic E-state index is 13.1. The Balaban J connectivity index is 2.03. The summed E-state index contributed by atoms with van der Waals surface area (Å²) in [5.74, 6) is 0.178. The molecule has 1 saturated heterocycles. The summed E-state index contributed by atoms with van der Waals surface area (Å²) in [6.45, 7) is 0.446. The predicted octanol–water partition coefficient (Wildman–Crippen LogP) is 3.97. The summed E-state index contributed by atoms with van der Waals surface area (Å²) < 4.78 is 49.7. The van der Waals surface area contributed by atoms with Crippen molar-refractivity contribution in [3.63, 3.8) is 0 Å². The predicted molar refractivity (Wildman–Crippen MR) is 83.6 cm³/mol. The Morgan fingerprint density at radius 2 is 2.25 bits per heavy atom. The summed E-state index contributed by atoms with van der Waals surface area (Å²) in [6.07, 6.45) is -4.11. The maximum absolute atomic E-state index is 13.1. The molecule has 2 amide bonds. The molecule has 1 aromatic rings. The van der Waals surface area contributed by atoms with E-state index in [2.05, 4.69) is 5.32 Å². The third-order valence-corrected chi connectivity index (χ3v) is 3.94. The van der Waals surface area contributed by atoms with Crippen LogP contribution >= 0.6 is 11.6 Å². The Morgan fingerprint density at radius 3 is 2.83 bits per heavy atom. The molecule has 0 aromatic heterocycles. The number of amides is 2. The summed E-state index contributed by atoms with van der Waals surface area (Å²) in [4.78, 5) is 12.0. The van der Waals surface area contributed by atoms with Crippen molar-refractivity contribution in [2.45, 2.75) is 37.6 Å². The van der Waals surface area contributed by atoms with E-state index in [4.69, 9.17) is 21.1 Å². The van der Waals surface area contributed by atoms with Gasteiger partial charge >= 0.3 is 12.2 Å². The minimum absolute atomic E-state index is 0.178. The molecule has 1 aliphatic heterocycles. The van der Waals surface area contributed by atoms with Crippen LogP contribution < -0.4 is 15.4 Å². The second kappa shape index (κ2) is 7.94. The van der Waals surface area contributed by atoms with Crippen molar-refractivity contribution in [3.05, 3.63) is 23.2 Å². The number of carbonyl (C=O) groups excluding carboxylic acids is 1. The van der Waals surface area contributed by atoms with Crippen LogP contribution in [0.25, 0.3) is 0 Å². The Hall–Kier alpha value is -1.67. The van der Waals surface area contributed by atoms with Crippen molar-refractivity contribution >= 4 is 23.3 Å². The first-order chi connectivity index (χ1) is 11.3. The number of halogens is 4. The highest BCUT2D eigenvalue weighted by molar-refractivity contribution is 6.32. The topological polar surface area (TPSA) is 59.6 Å². The molecule has 24 heavy (non-hydrogen) atoms. The van der Waals surface area contributed by atoms with Crippen LogP contribution in [-0.2, 0) is 4.74 Å². The molecule has 5 nitrogen and oxygen atoms in total. The number of urea groups is 1. The zero-order valence-electron chi connectivity index (χ0n) is 13.0. The molecule has 1 heterocycles. The molecular weight excluding hydrogens is 349 g/mol. The molecule has 0 saturated carbocycles. The lowest BCUT2D eigenvalue weighted by molar-refractivity contribution is -0.159. The van der Waals surface area contributed by atoms with Crippen molar-refractivity contribution < 1.29 is 27.4 Å². The highest BCUT2D eigenvalue weighted by Crippen LogP contribution is 2.32. The second-order valence-electron chi connectivity index (χ2n) is 5.38. The molecule has 0 spiro atoms. The van der Waals surface area contributed by atoms with E-state index in [1.807, 2.05) is 5.32 Å². The third-order valence-electron chi connectivity index (χ3n) is 3.64. The number of nitrogens with one attached hydrogen (secondary N) is 2. The Kier molecular flexibility index (Phi) is 6.17. The lowest BCUT2D eigenvalue weighted by atomic mass is 10.1. The first-order valence-corrected chi connectivity index (χ1v) is 7.77. The zero-order chi connectivity index (χ0) is 17.7. The molecule has 0 aliphatic carbocycles. The SMILES string of the molecule is COc1c(Cl)cccc1NC(=O)NC(CC1CCCO1)C(F)(F)F. The first kappa shape index (κ1) is 18.7. The van der Waals surface area contributed by atoms with Gasteiger partial charge in [0.2, 0.25) is 0 Å². The molecule has 9 heteroatoms. The molecule has 2 rings (SSSR count). The van der Waals surface area contributed by atoms with Gasteiger partial charge < -0.3 is 20.1 Å². The number of hydrogen-bond donors (Lipinski definition) is 2. The molecular formula is C15H18ClF3N2O3. The summed E-state index contributed by atoms with van der Waals surface area (Å²) in [5.41, 5.74) is 0.181. The van der Waals surface area contributed by atoms with Gasteiger partial charge in [0.15, 0.2) is 5.75 Å². The van der Waals surface area contributed by atoms with E-state index in [0.717, 1.165) is 6.42 Å². The standard InChI is InChI=1S/C15H18ClF3N2O3/c1-23-13-10(16)5-2-6-11(13)20-14(22)21-12(15(17,18)19)8-9-4-3-7-24-9/h2,5-6,9,12H,3-4,7-8H2,1H3,(H2,20,21,22). The lowest BCUT2D eigenvalue weighted by Gasteiger charge is -2.24. The lowest BCUT2D eigenvalue weighted by Crippen LogP contribution is -2.48. The van der Waals surface area contributed by atoms with E-state index in [1.165, 1.54) is 13.2 Å². The average Bonchev–Trinajstić information content (AvgIpc) is 2.99. The monoisotopic (exact) mass is 366 g/mol. The smallest absolute Gasteiger partial charge is 0.408 e. The van der Waals surface area contributed by atoms with E-state index >= 15 is 0 Å². The van der Waals surface area contributed by atoms with Crippen LogP contribution in [0.1, 0.15) is 19.3 Å². The maximum Gasteiger partial charge on any atom is 0.408 e. The summed E-state index contributed by atoms with van der Waals surface area (Å²) >= 11 is 5.91. The van der Waals surface area contributed by atoms with Crippen LogP contribution in [0.15, 0.2) is 18.2 Å². The van der Waals surface area contributed by atoms with Gasteiger partial charge in [0.1, 0.15) is 6.04 Å². The summed E-state index contributed by atoms with van der Waals surface area (Å²) in [5, 5.41) is 4.52. The van der Waals surface area contributed by atoms with Gasteiger partial charge in [0.25, 0.3) is 0 Å². The minimum Gasteiger partial charge on any atom is -0.493 e. The third kappa shape index (κ3) is 4.91. The number of para-hydroxylation sites is 1. The van der Waals surface area contributed by atoms with E-state index in [0.29, 0.717) is 13.0 Å². The molecule has 1 fully saturated rings. The van der Waals surface area contributed by atoms with Gasteiger partial charge in [-0.1, -0.05) is 17.7 Å². The number of anilines is 1. The van der Waals surface area contributed by atoms with Crippen molar-refractivity contribution in [1.82, 2.24) is 5.32 Å². The fraction of sp³-hybridized carbons (Fsp3) is 0.533. The Labute approximate surface area is 142 Å². The quantitative estimate of drug-likeness (QED) is 0.829. The molecule has 0 bridgehead atoms. The fourth-order valence-corrected chi connectivity index (χ4v) is 2.75. The fourth-order valence-electron chi connectivity index (χ4n) is 2.50. The van der Waals surface area contributed by atoms with Crippen LogP contribution in [0.5, 0.6) is 5.75 Å². The van der Waals surface area contributed by atoms with Gasteiger partial charge in [-0.15, -0.1) is 0 Å². The molecule has 134 valence electrons. The van der Waals surface area contributed by atoms with Crippen molar-refractivity contribution in [1.29, 1.82) is 0 Å². The summed E-state index contributed by atoms with van der Waals surface area (Å²) in [6, 6.07) is 1.59. The number of carbonyl (C=O) groups is 1. The van der Waals surface area contributed by atoms with Crippen molar-refractivity contribution in [2.75, 3.05) is 19.0 Å². The normalized spacial score (nSPS) is 19.0. The van der Waals surface area contributed by atoms with Crippen LogP contribution in [0.4, 0.5) is 23.7 Å². The van der Waals surface area contributed by atoms with Gasteiger partial charge in [-0.2, -0.15) is 13.2 Å². The number of methoxy groups -OCH3 is 1. The number of rotatable bonds is 5. The van der Waals surface area contributed by atoms with Gasteiger partial charge in [-0.3, -0.25) is 0 Å². The van der Waals surface area contributed by atoms with Gasteiger partial charge in [0, 0.05) is 13.0 Å². The molecule has 0 radical (unpaired) electrons. The van der Waals surface area contributed by atoms with Crippen LogP contribution in [0.3, 0.4) is 0 Å². The zero-order valence-corrected chi connectivity index (χ0v) is 13.7. The Bertz CT molecular complexity index is 578. The average molecular weight is 367 g/mol. The largest absolute Gasteiger partial charge is 0.493 e. The molecule has 2 atom stereocenters. The van der Waals surface area contributed by atoms with E-state index in [-0.39, 0.29) is 22.9 Å². The van der Waals surface area contributed by atoms with Crippen LogP contribution in [0.2, 0.25) is 5.02 Å². The van der Waals surface area contributed by atoms with Crippen molar-refractivity contribution in [2.24, 2.45) is 0 Å². The van der Waals surface area contributed by atoms with Gasteiger partial charge in [-0.25, -0.2) is 4.79 Å². The minimum atomic E-state index is -4.57. The molecule has 1 aromatic carbocycles. The number of alkyl halides is 3. The van der Waals surface area contributed by atoms with Crippen molar-refractivity contribution in [3.8, 4) is 5.75 Å². The van der Waals surface area contributed by atoms with E-state index < -0.39 is 24.4 Å². The Morgan fingerprint density at radius 1 is 1.50 bits per heavy atom. The van der Waals surface area contributed by atoms with Gasteiger partial charge in [0.05, 0.1) is 23.9 Å². The first-order valence-electron chi connectivity index (χ1n) is 7.39. The summed E-state index contributed by atoms with van der Waals surface area (Å²) in [7, 11) is 1.35. The van der Waals surface area contributed by atoms with Crippen LogP contribution in [0, 0.1) is 0 Å². The van der Waals surface area contributed by atoms with E-state index in [9.17, 15) is 18.0 Å². The highest BCUT2D eigenvalue weighted by Gasteiger charge is 2.42. The number of hydrogen-bond acceptors (Lipinski definition) is 3.